The molecule has 0 amide bonds. The lowest BCUT2D eigenvalue weighted by atomic mass is 9.92. The molecule has 1 aromatic carbocycles. The molecule has 1 aliphatic heterocycles. The van der Waals surface area contributed by atoms with Crippen LogP contribution in [0.3, 0.4) is 0 Å². The van der Waals surface area contributed by atoms with Crippen molar-refractivity contribution in [2.75, 3.05) is 20.3 Å². The first-order valence-corrected chi connectivity index (χ1v) is 6.72. The van der Waals surface area contributed by atoms with Gasteiger partial charge in [-0.2, -0.15) is 0 Å². The van der Waals surface area contributed by atoms with Gasteiger partial charge in [0.25, 0.3) is 0 Å². The van der Waals surface area contributed by atoms with E-state index in [1.165, 1.54) is 5.56 Å². The lowest BCUT2D eigenvalue weighted by Crippen LogP contribution is -2.25. The number of nitrogens with one attached hydrogen (secondary N) is 1. The van der Waals surface area contributed by atoms with Crippen LogP contribution in [0.4, 0.5) is 0 Å². The highest BCUT2D eigenvalue weighted by Crippen LogP contribution is 2.29. The molecule has 0 spiro atoms. The van der Waals surface area contributed by atoms with Gasteiger partial charge in [-0.05, 0) is 45.0 Å². The second-order valence-electron chi connectivity index (χ2n) is 5.13. The third kappa shape index (κ3) is 3.24. The third-order valence-corrected chi connectivity index (χ3v) is 3.36. The van der Waals surface area contributed by atoms with Crippen LogP contribution in [0, 0.1) is 5.92 Å². The van der Waals surface area contributed by atoms with E-state index in [0.29, 0.717) is 12.0 Å². The van der Waals surface area contributed by atoms with Crippen molar-refractivity contribution < 1.29 is 9.47 Å². The number of ether oxygens (including phenoxy) is 2. The normalized spacial score (nSPS) is 21.2. The molecule has 2 rings (SSSR count). The minimum Gasteiger partial charge on any atom is -0.491 e. The molecule has 0 bridgehead atoms. The third-order valence-electron chi connectivity index (χ3n) is 3.36. The molecule has 3 nitrogen and oxygen atoms in total. The van der Waals surface area contributed by atoms with Crippen LogP contribution in [0.15, 0.2) is 24.3 Å². The Bertz CT molecular complexity index is 355. The highest BCUT2D eigenvalue weighted by Gasteiger charge is 2.25. The Hall–Kier alpha value is -1.06. The fourth-order valence-corrected chi connectivity index (χ4v) is 2.52. The van der Waals surface area contributed by atoms with Crippen molar-refractivity contribution in [1.82, 2.24) is 5.32 Å². The van der Waals surface area contributed by atoms with Gasteiger partial charge in [0.15, 0.2) is 0 Å². The van der Waals surface area contributed by atoms with Gasteiger partial charge in [-0.25, -0.2) is 0 Å². The fraction of sp³-hybridized carbons (Fsp3) is 0.600. The SMILES string of the molecule is CNC(c1ccc(OC(C)C)cc1)C1CCOC1. The molecule has 1 aromatic rings. The summed E-state index contributed by atoms with van der Waals surface area (Å²) in [6.07, 6.45) is 1.36. The fourth-order valence-electron chi connectivity index (χ4n) is 2.52. The van der Waals surface area contributed by atoms with Crippen LogP contribution in [-0.4, -0.2) is 26.4 Å². The molecular weight excluding hydrogens is 226 g/mol. The minimum absolute atomic E-state index is 0.221. The van der Waals surface area contributed by atoms with Gasteiger partial charge in [-0.1, -0.05) is 12.1 Å². The van der Waals surface area contributed by atoms with Gasteiger partial charge in [-0.3, -0.25) is 0 Å². The largest absolute Gasteiger partial charge is 0.491 e. The smallest absolute Gasteiger partial charge is 0.119 e. The number of hydrogen-bond donors (Lipinski definition) is 1. The second kappa shape index (κ2) is 6.21. The van der Waals surface area contributed by atoms with Gasteiger partial charge in [-0.15, -0.1) is 0 Å². The lowest BCUT2D eigenvalue weighted by Gasteiger charge is -2.22. The molecule has 0 saturated carbocycles. The van der Waals surface area contributed by atoms with E-state index >= 15 is 0 Å². The van der Waals surface area contributed by atoms with E-state index in [4.69, 9.17) is 9.47 Å². The van der Waals surface area contributed by atoms with Crippen LogP contribution in [0.5, 0.6) is 5.75 Å². The van der Waals surface area contributed by atoms with E-state index in [0.717, 1.165) is 25.4 Å². The van der Waals surface area contributed by atoms with Crippen molar-refractivity contribution >= 4 is 0 Å². The first kappa shape index (κ1) is 13.4. The molecule has 0 radical (unpaired) electrons. The summed E-state index contributed by atoms with van der Waals surface area (Å²) in [6.45, 7) is 5.83. The summed E-state index contributed by atoms with van der Waals surface area (Å²) in [4.78, 5) is 0. The quantitative estimate of drug-likeness (QED) is 0.870. The molecule has 3 heteroatoms. The summed E-state index contributed by atoms with van der Waals surface area (Å²) in [7, 11) is 2.02. The second-order valence-corrected chi connectivity index (χ2v) is 5.13. The Morgan fingerprint density at radius 1 is 1.28 bits per heavy atom. The van der Waals surface area contributed by atoms with Crippen LogP contribution >= 0.6 is 0 Å². The maximum absolute atomic E-state index is 5.66. The molecule has 0 aromatic heterocycles. The molecule has 1 fully saturated rings. The Balaban J connectivity index is 2.06. The topological polar surface area (TPSA) is 30.5 Å². The van der Waals surface area contributed by atoms with E-state index in [-0.39, 0.29) is 6.10 Å². The zero-order valence-corrected chi connectivity index (χ0v) is 11.5. The molecular formula is C15H23NO2. The van der Waals surface area contributed by atoms with E-state index in [1.54, 1.807) is 0 Å². The van der Waals surface area contributed by atoms with Gasteiger partial charge in [0, 0.05) is 18.6 Å². The van der Waals surface area contributed by atoms with Crippen molar-refractivity contribution in [2.24, 2.45) is 5.92 Å². The lowest BCUT2D eigenvalue weighted by molar-refractivity contribution is 0.178. The standard InChI is InChI=1S/C15H23NO2/c1-11(2)18-14-6-4-12(5-7-14)15(16-3)13-8-9-17-10-13/h4-7,11,13,15-16H,8-10H2,1-3H3. The summed E-state index contributed by atoms with van der Waals surface area (Å²) in [5, 5.41) is 3.40. The minimum atomic E-state index is 0.221. The van der Waals surface area contributed by atoms with Crippen molar-refractivity contribution in [2.45, 2.75) is 32.4 Å². The summed E-state index contributed by atoms with van der Waals surface area (Å²) < 4.78 is 11.1. The van der Waals surface area contributed by atoms with Gasteiger partial charge in [0.05, 0.1) is 12.7 Å². The van der Waals surface area contributed by atoms with Crippen molar-refractivity contribution in [3.05, 3.63) is 29.8 Å². The summed E-state index contributed by atoms with van der Waals surface area (Å²) in [6, 6.07) is 8.78. The highest BCUT2D eigenvalue weighted by molar-refractivity contribution is 5.29. The van der Waals surface area contributed by atoms with E-state index < -0.39 is 0 Å². The average molecular weight is 249 g/mol. The van der Waals surface area contributed by atoms with Crippen molar-refractivity contribution in [3.63, 3.8) is 0 Å². The molecule has 2 unspecified atom stereocenters. The number of hydrogen-bond acceptors (Lipinski definition) is 3. The summed E-state index contributed by atoms with van der Waals surface area (Å²) >= 11 is 0. The summed E-state index contributed by atoms with van der Waals surface area (Å²) in [5.41, 5.74) is 1.31. The predicted molar refractivity (Wildman–Crippen MR) is 72.9 cm³/mol. The zero-order chi connectivity index (χ0) is 13.0. The van der Waals surface area contributed by atoms with Crippen LogP contribution in [0.25, 0.3) is 0 Å². The summed E-state index contributed by atoms with van der Waals surface area (Å²) in [5.74, 6) is 1.51. The van der Waals surface area contributed by atoms with E-state index in [9.17, 15) is 0 Å². The molecule has 100 valence electrons. The van der Waals surface area contributed by atoms with Crippen molar-refractivity contribution in [3.8, 4) is 5.75 Å². The molecule has 1 saturated heterocycles. The van der Waals surface area contributed by atoms with Crippen molar-refractivity contribution in [1.29, 1.82) is 0 Å². The van der Waals surface area contributed by atoms with Crippen LogP contribution in [0.2, 0.25) is 0 Å². The van der Waals surface area contributed by atoms with Gasteiger partial charge in [0.2, 0.25) is 0 Å². The maximum Gasteiger partial charge on any atom is 0.119 e. The van der Waals surface area contributed by atoms with Gasteiger partial charge in [0.1, 0.15) is 5.75 Å². The first-order chi connectivity index (χ1) is 8.70. The maximum atomic E-state index is 5.66. The van der Waals surface area contributed by atoms with Gasteiger partial charge >= 0.3 is 0 Å². The predicted octanol–water partition coefficient (Wildman–Crippen LogP) is 2.77. The Kier molecular flexibility index (Phi) is 4.61. The number of benzene rings is 1. The molecule has 1 N–H and O–H groups in total. The molecule has 0 aliphatic carbocycles. The Morgan fingerprint density at radius 2 is 2.00 bits per heavy atom. The van der Waals surface area contributed by atoms with Gasteiger partial charge < -0.3 is 14.8 Å². The molecule has 2 atom stereocenters. The van der Waals surface area contributed by atoms with Crippen LogP contribution in [0.1, 0.15) is 31.9 Å². The zero-order valence-electron chi connectivity index (χ0n) is 11.5. The molecule has 18 heavy (non-hydrogen) atoms. The van der Waals surface area contributed by atoms with E-state index in [1.807, 2.05) is 20.9 Å². The Morgan fingerprint density at radius 3 is 2.50 bits per heavy atom. The molecule has 1 aliphatic rings. The van der Waals surface area contributed by atoms with Crippen LogP contribution < -0.4 is 10.1 Å². The van der Waals surface area contributed by atoms with E-state index in [2.05, 4.69) is 29.6 Å². The van der Waals surface area contributed by atoms with Crippen LogP contribution in [-0.2, 0) is 4.74 Å². The highest BCUT2D eigenvalue weighted by atomic mass is 16.5. The molecule has 1 heterocycles. The number of rotatable bonds is 5. The Labute approximate surface area is 109 Å². The first-order valence-electron chi connectivity index (χ1n) is 6.72. The average Bonchev–Trinajstić information content (AvgIpc) is 2.85. The monoisotopic (exact) mass is 249 g/mol.